The van der Waals surface area contributed by atoms with E-state index in [2.05, 4.69) is 9.97 Å². The minimum Gasteiger partial charge on any atom is -0.255 e. The molecule has 148 valence electrons. The number of benzene rings is 2. The van der Waals surface area contributed by atoms with E-state index in [1.165, 1.54) is 0 Å². The highest BCUT2D eigenvalue weighted by Gasteiger charge is 2.13. The molecule has 0 aliphatic heterocycles. The van der Waals surface area contributed by atoms with E-state index in [1.807, 2.05) is 91.9 Å². The van der Waals surface area contributed by atoms with Crippen molar-refractivity contribution in [2.45, 2.75) is 6.92 Å². The van der Waals surface area contributed by atoms with Crippen LogP contribution in [0.3, 0.4) is 0 Å². The standard InChI is InChI=1S/C26H19N5/c1-18-12-14-27-22(16-18)23-17-21(13-15-28-23)26-30-24(19-8-4-2-5-9-19)29-25(31-26)20-10-6-3-7-11-20/h2-17H,1H3. The van der Waals surface area contributed by atoms with E-state index >= 15 is 0 Å². The van der Waals surface area contributed by atoms with Gasteiger partial charge in [0.2, 0.25) is 0 Å². The fourth-order valence-corrected chi connectivity index (χ4v) is 3.32. The van der Waals surface area contributed by atoms with Gasteiger partial charge in [0.1, 0.15) is 0 Å². The number of rotatable bonds is 4. The fourth-order valence-electron chi connectivity index (χ4n) is 3.32. The predicted molar refractivity (Wildman–Crippen MR) is 122 cm³/mol. The van der Waals surface area contributed by atoms with E-state index in [0.29, 0.717) is 17.5 Å². The van der Waals surface area contributed by atoms with Crippen LogP contribution in [0.2, 0.25) is 0 Å². The summed E-state index contributed by atoms with van der Waals surface area (Å²) >= 11 is 0. The summed E-state index contributed by atoms with van der Waals surface area (Å²) in [5.74, 6) is 1.87. The number of aromatic nitrogens is 5. The zero-order chi connectivity index (χ0) is 21.0. The van der Waals surface area contributed by atoms with Crippen molar-refractivity contribution in [1.82, 2.24) is 24.9 Å². The molecule has 0 unspecified atom stereocenters. The molecule has 31 heavy (non-hydrogen) atoms. The molecule has 0 N–H and O–H groups in total. The summed E-state index contributed by atoms with van der Waals surface area (Å²) in [7, 11) is 0. The highest BCUT2D eigenvalue weighted by atomic mass is 15.0. The second kappa shape index (κ2) is 8.24. The molecule has 0 spiro atoms. The Morgan fingerprint density at radius 3 is 1.52 bits per heavy atom. The van der Waals surface area contributed by atoms with E-state index in [0.717, 1.165) is 33.6 Å². The minimum atomic E-state index is 0.601. The van der Waals surface area contributed by atoms with E-state index < -0.39 is 0 Å². The summed E-state index contributed by atoms with van der Waals surface area (Å²) in [6.07, 6.45) is 3.56. The van der Waals surface area contributed by atoms with Gasteiger partial charge in [-0.2, -0.15) is 0 Å². The number of pyridine rings is 2. The first kappa shape index (κ1) is 18.8. The molecular weight excluding hydrogens is 382 g/mol. The predicted octanol–water partition coefficient (Wildman–Crippen LogP) is 5.64. The van der Waals surface area contributed by atoms with Crippen molar-refractivity contribution in [3.8, 4) is 45.6 Å². The molecule has 5 rings (SSSR count). The van der Waals surface area contributed by atoms with Gasteiger partial charge in [-0.3, -0.25) is 9.97 Å². The van der Waals surface area contributed by atoms with Crippen LogP contribution in [0.5, 0.6) is 0 Å². The zero-order valence-corrected chi connectivity index (χ0v) is 17.0. The second-order valence-corrected chi connectivity index (χ2v) is 7.19. The van der Waals surface area contributed by atoms with Gasteiger partial charge in [-0.15, -0.1) is 0 Å². The fraction of sp³-hybridized carbons (Fsp3) is 0.0385. The number of hydrogen-bond donors (Lipinski definition) is 0. The van der Waals surface area contributed by atoms with Crippen molar-refractivity contribution in [3.05, 3.63) is 103 Å². The van der Waals surface area contributed by atoms with Crippen LogP contribution in [0, 0.1) is 6.92 Å². The maximum absolute atomic E-state index is 4.78. The van der Waals surface area contributed by atoms with Crippen molar-refractivity contribution in [1.29, 1.82) is 0 Å². The Morgan fingerprint density at radius 1 is 0.484 bits per heavy atom. The third-order valence-corrected chi connectivity index (χ3v) is 4.90. The van der Waals surface area contributed by atoms with Crippen LogP contribution >= 0.6 is 0 Å². The first-order chi connectivity index (χ1) is 15.3. The first-order valence-electron chi connectivity index (χ1n) is 10.0. The van der Waals surface area contributed by atoms with Crippen LogP contribution in [0.15, 0.2) is 97.3 Å². The van der Waals surface area contributed by atoms with Gasteiger partial charge in [-0.25, -0.2) is 15.0 Å². The second-order valence-electron chi connectivity index (χ2n) is 7.19. The Kier molecular flexibility index (Phi) is 4.99. The molecule has 5 nitrogen and oxygen atoms in total. The molecule has 0 aliphatic rings. The summed E-state index contributed by atoms with van der Waals surface area (Å²) in [4.78, 5) is 23.3. The highest BCUT2D eigenvalue weighted by molar-refractivity contribution is 5.69. The molecule has 0 aliphatic carbocycles. The van der Waals surface area contributed by atoms with Gasteiger partial charge in [-0.1, -0.05) is 60.7 Å². The molecule has 0 amide bonds. The molecule has 0 atom stereocenters. The third-order valence-electron chi connectivity index (χ3n) is 4.90. The van der Waals surface area contributed by atoms with Gasteiger partial charge < -0.3 is 0 Å². The van der Waals surface area contributed by atoms with Gasteiger partial charge in [0.25, 0.3) is 0 Å². The minimum absolute atomic E-state index is 0.601. The quantitative estimate of drug-likeness (QED) is 0.390. The van der Waals surface area contributed by atoms with Gasteiger partial charge in [0, 0.05) is 29.1 Å². The Morgan fingerprint density at radius 2 is 0.968 bits per heavy atom. The molecule has 0 saturated carbocycles. The van der Waals surface area contributed by atoms with Crippen molar-refractivity contribution in [2.24, 2.45) is 0 Å². The van der Waals surface area contributed by atoms with E-state index in [4.69, 9.17) is 15.0 Å². The third kappa shape index (κ3) is 4.07. The van der Waals surface area contributed by atoms with Gasteiger partial charge in [-0.05, 0) is 36.8 Å². The molecule has 0 radical (unpaired) electrons. The van der Waals surface area contributed by atoms with Gasteiger partial charge in [0.15, 0.2) is 17.5 Å². The Balaban J connectivity index is 1.66. The average molecular weight is 401 g/mol. The Bertz CT molecular complexity index is 1280. The van der Waals surface area contributed by atoms with Crippen LogP contribution in [-0.2, 0) is 0 Å². The molecule has 3 aromatic heterocycles. The summed E-state index contributed by atoms with van der Waals surface area (Å²) in [6.45, 7) is 2.04. The highest BCUT2D eigenvalue weighted by Crippen LogP contribution is 2.26. The van der Waals surface area contributed by atoms with Gasteiger partial charge in [0.05, 0.1) is 11.4 Å². The summed E-state index contributed by atoms with van der Waals surface area (Å²) in [5, 5.41) is 0. The van der Waals surface area contributed by atoms with E-state index in [-0.39, 0.29) is 0 Å². The van der Waals surface area contributed by atoms with E-state index in [1.54, 1.807) is 12.4 Å². The van der Waals surface area contributed by atoms with Crippen molar-refractivity contribution in [3.63, 3.8) is 0 Å². The maximum Gasteiger partial charge on any atom is 0.164 e. The number of aryl methyl sites for hydroxylation is 1. The Hall–Kier alpha value is -4.25. The zero-order valence-electron chi connectivity index (χ0n) is 17.0. The lowest BCUT2D eigenvalue weighted by Gasteiger charge is -2.09. The van der Waals surface area contributed by atoms with Crippen LogP contribution < -0.4 is 0 Å². The molecule has 5 aromatic rings. The normalized spacial score (nSPS) is 10.7. The molecule has 3 heterocycles. The number of nitrogens with zero attached hydrogens (tertiary/aromatic N) is 5. The van der Waals surface area contributed by atoms with Crippen molar-refractivity contribution in [2.75, 3.05) is 0 Å². The van der Waals surface area contributed by atoms with Crippen LogP contribution in [-0.4, -0.2) is 24.9 Å². The monoisotopic (exact) mass is 401 g/mol. The Labute approximate surface area is 180 Å². The van der Waals surface area contributed by atoms with Crippen molar-refractivity contribution >= 4 is 0 Å². The topological polar surface area (TPSA) is 64.5 Å². The molecule has 0 saturated heterocycles. The lowest BCUT2D eigenvalue weighted by Crippen LogP contribution is -2.00. The average Bonchev–Trinajstić information content (AvgIpc) is 2.85. The largest absolute Gasteiger partial charge is 0.255 e. The summed E-state index contributed by atoms with van der Waals surface area (Å²) < 4.78 is 0. The van der Waals surface area contributed by atoms with E-state index in [9.17, 15) is 0 Å². The molecule has 0 fully saturated rings. The number of hydrogen-bond acceptors (Lipinski definition) is 5. The van der Waals surface area contributed by atoms with Crippen LogP contribution in [0.1, 0.15) is 5.56 Å². The smallest absolute Gasteiger partial charge is 0.164 e. The molecular formula is C26H19N5. The summed E-state index contributed by atoms with van der Waals surface area (Å²) in [5.41, 5.74) is 5.49. The van der Waals surface area contributed by atoms with Crippen molar-refractivity contribution < 1.29 is 0 Å². The SMILES string of the molecule is Cc1ccnc(-c2cc(-c3nc(-c4ccccc4)nc(-c4ccccc4)n3)ccn2)c1. The summed E-state index contributed by atoms with van der Waals surface area (Å²) in [6, 6.07) is 27.8. The van der Waals surface area contributed by atoms with Gasteiger partial charge >= 0.3 is 0 Å². The molecule has 5 heteroatoms. The maximum atomic E-state index is 4.78. The first-order valence-corrected chi connectivity index (χ1v) is 10.0. The molecule has 2 aromatic carbocycles. The van der Waals surface area contributed by atoms with Crippen LogP contribution in [0.4, 0.5) is 0 Å². The lowest BCUT2D eigenvalue weighted by molar-refractivity contribution is 1.07. The van der Waals surface area contributed by atoms with Crippen LogP contribution in [0.25, 0.3) is 45.6 Å². The lowest BCUT2D eigenvalue weighted by atomic mass is 10.1. The molecule has 0 bridgehead atoms.